The molecule has 2 rings (SSSR count). The molecular formula is C13H21N3. The van der Waals surface area contributed by atoms with Crippen molar-refractivity contribution in [2.45, 2.75) is 19.3 Å². The Balaban J connectivity index is 1.98. The Morgan fingerprint density at radius 3 is 2.75 bits per heavy atom. The topological polar surface area (TPSA) is 28.2 Å². The molecule has 0 atom stereocenters. The van der Waals surface area contributed by atoms with Crippen LogP contribution in [0.25, 0.3) is 0 Å². The normalized spacial score (nSPS) is 17.9. The Kier molecular flexibility index (Phi) is 3.44. The molecule has 1 aliphatic rings. The van der Waals surface area contributed by atoms with Gasteiger partial charge in [-0.25, -0.2) is 4.98 Å². The fourth-order valence-electron chi connectivity index (χ4n) is 2.61. The molecule has 16 heavy (non-hydrogen) atoms. The van der Waals surface area contributed by atoms with Crippen molar-refractivity contribution < 1.29 is 0 Å². The summed E-state index contributed by atoms with van der Waals surface area (Å²) in [6.07, 6.45) is 5.91. The lowest BCUT2D eigenvalue weighted by Gasteiger charge is -2.44. The van der Waals surface area contributed by atoms with Gasteiger partial charge in [0, 0.05) is 31.7 Å². The molecule has 1 aromatic heterocycles. The molecule has 0 saturated heterocycles. The van der Waals surface area contributed by atoms with E-state index in [1.54, 1.807) is 0 Å². The fraction of sp³-hybridized carbons (Fsp3) is 0.615. The van der Waals surface area contributed by atoms with Gasteiger partial charge in [-0.3, -0.25) is 0 Å². The fourth-order valence-corrected chi connectivity index (χ4v) is 2.61. The van der Waals surface area contributed by atoms with Crippen LogP contribution in [0.3, 0.4) is 0 Å². The van der Waals surface area contributed by atoms with E-state index in [9.17, 15) is 0 Å². The summed E-state index contributed by atoms with van der Waals surface area (Å²) in [5.41, 5.74) is 0.473. The molecule has 88 valence electrons. The summed E-state index contributed by atoms with van der Waals surface area (Å²) in [7, 11) is 4.18. The number of hydrogen-bond acceptors (Lipinski definition) is 3. The first-order valence-corrected chi connectivity index (χ1v) is 6.03. The molecule has 1 aromatic rings. The highest BCUT2D eigenvalue weighted by atomic mass is 15.2. The van der Waals surface area contributed by atoms with Crippen molar-refractivity contribution in [2.24, 2.45) is 5.41 Å². The van der Waals surface area contributed by atoms with Crippen molar-refractivity contribution in [3.8, 4) is 0 Å². The molecule has 0 unspecified atom stereocenters. The zero-order valence-electron chi connectivity index (χ0n) is 10.2. The first-order chi connectivity index (χ1) is 7.76. The highest BCUT2D eigenvalue weighted by molar-refractivity contribution is 5.37. The molecule has 1 aliphatic carbocycles. The number of pyridine rings is 1. The average molecular weight is 219 g/mol. The van der Waals surface area contributed by atoms with E-state index in [1.807, 2.05) is 25.4 Å². The van der Waals surface area contributed by atoms with E-state index >= 15 is 0 Å². The second kappa shape index (κ2) is 4.83. The molecule has 0 bridgehead atoms. The van der Waals surface area contributed by atoms with E-state index < -0.39 is 0 Å². The maximum absolute atomic E-state index is 4.39. The summed E-state index contributed by atoms with van der Waals surface area (Å²) < 4.78 is 0. The lowest BCUT2D eigenvalue weighted by molar-refractivity contribution is 0.142. The van der Waals surface area contributed by atoms with E-state index in [-0.39, 0.29) is 0 Å². The molecule has 1 saturated carbocycles. The van der Waals surface area contributed by atoms with Crippen LogP contribution >= 0.6 is 0 Å². The second-order valence-corrected chi connectivity index (χ2v) is 4.93. The van der Waals surface area contributed by atoms with Crippen molar-refractivity contribution in [3.05, 3.63) is 24.4 Å². The van der Waals surface area contributed by atoms with Crippen LogP contribution < -0.4 is 10.2 Å². The van der Waals surface area contributed by atoms with Gasteiger partial charge >= 0.3 is 0 Å². The minimum atomic E-state index is 0.473. The molecule has 3 nitrogen and oxygen atoms in total. The van der Waals surface area contributed by atoms with Crippen LogP contribution in [0, 0.1) is 5.41 Å². The van der Waals surface area contributed by atoms with Crippen LogP contribution in [0.2, 0.25) is 0 Å². The van der Waals surface area contributed by atoms with Gasteiger partial charge in [0.05, 0.1) is 0 Å². The van der Waals surface area contributed by atoms with Crippen molar-refractivity contribution in [1.82, 2.24) is 10.3 Å². The van der Waals surface area contributed by atoms with Gasteiger partial charge in [0.25, 0.3) is 0 Å². The van der Waals surface area contributed by atoms with Gasteiger partial charge in [-0.1, -0.05) is 12.5 Å². The summed E-state index contributed by atoms with van der Waals surface area (Å²) >= 11 is 0. The third kappa shape index (κ3) is 2.35. The van der Waals surface area contributed by atoms with Gasteiger partial charge in [0.2, 0.25) is 0 Å². The van der Waals surface area contributed by atoms with Crippen LogP contribution in [0.4, 0.5) is 5.82 Å². The predicted octanol–water partition coefficient (Wildman–Crippen LogP) is 1.91. The van der Waals surface area contributed by atoms with Crippen molar-refractivity contribution in [2.75, 3.05) is 32.1 Å². The third-order valence-corrected chi connectivity index (χ3v) is 3.58. The van der Waals surface area contributed by atoms with E-state index in [0.717, 1.165) is 18.9 Å². The van der Waals surface area contributed by atoms with Crippen LogP contribution in [0.5, 0.6) is 0 Å². The van der Waals surface area contributed by atoms with Gasteiger partial charge < -0.3 is 10.2 Å². The van der Waals surface area contributed by atoms with E-state index in [0.29, 0.717) is 5.41 Å². The van der Waals surface area contributed by atoms with Gasteiger partial charge in [0.1, 0.15) is 5.82 Å². The van der Waals surface area contributed by atoms with E-state index in [2.05, 4.69) is 28.3 Å². The van der Waals surface area contributed by atoms with Gasteiger partial charge in [-0.15, -0.1) is 0 Å². The zero-order chi connectivity index (χ0) is 11.4. The molecule has 1 N–H and O–H groups in total. The van der Waals surface area contributed by atoms with Crippen LogP contribution in [0.15, 0.2) is 24.4 Å². The largest absolute Gasteiger partial charge is 0.359 e. The number of nitrogens with one attached hydrogen (secondary N) is 1. The maximum atomic E-state index is 4.39. The van der Waals surface area contributed by atoms with Crippen molar-refractivity contribution >= 4 is 5.82 Å². The molecule has 0 spiro atoms. The lowest BCUT2D eigenvalue weighted by atomic mass is 9.68. The molecule has 1 fully saturated rings. The monoisotopic (exact) mass is 219 g/mol. The van der Waals surface area contributed by atoms with E-state index in [4.69, 9.17) is 0 Å². The number of aromatic nitrogens is 1. The van der Waals surface area contributed by atoms with E-state index in [1.165, 1.54) is 19.3 Å². The molecule has 0 radical (unpaired) electrons. The summed E-state index contributed by atoms with van der Waals surface area (Å²) in [4.78, 5) is 6.66. The standard InChI is InChI=1S/C13H21N3/c1-14-10-13(7-5-8-13)11-16(2)12-6-3-4-9-15-12/h3-4,6,9,14H,5,7-8,10-11H2,1-2H3. The Morgan fingerprint density at radius 2 is 2.25 bits per heavy atom. The Hall–Kier alpha value is -1.09. The summed E-state index contributed by atoms with van der Waals surface area (Å²) in [5.74, 6) is 1.07. The first-order valence-electron chi connectivity index (χ1n) is 6.03. The second-order valence-electron chi connectivity index (χ2n) is 4.93. The first kappa shape index (κ1) is 11.4. The highest BCUT2D eigenvalue weighted by Crippen LogP contribution is 2.41. The smallest absolute Gasteiger partial charge is 0.128 e. The average Bonchev–Trinajstić information content (AvgIpc) is 2.27. The quantitative estimate of drug-likeness (QED) is 0.820. The lowest BCUT2D eigenvalue weighted by Crippen LogP contribution is -2.47. The van der Waals surface area contributed by atoms with Gasteiger partial charge in [0.15, 0.2) is 0 Å². The van der Waals surface area contributed by atoms with Crippen molar-refractivity contribution in [1.29, 1.82) is 0 Å². The third-order valence-electron chi connectivity index (χ3n) is 3.58. The summed E-state index contributed by atoms with van der Waals surface area (Å²) in [6, 6.07) is 6.08. The zero-order valence-corrected chi connectivity index (χ0v) is 10.2. The predicted molar refractivity (Wildman–Crippen MR) is 67.7 cm³/mol. The molecule has 0 aromatic carbocycles. The number of rotatable bonds is 5. The van der Waals surface area contributed by atoms with Crippen LogP contribution in [0.1, 0.15) is 19.3 Å². The van der Waals surface area contributed by atoms with Crippen molar-refractivity contribution in [3.63, 3.8) is 0 Å². The van der Waals surface area contributed by atoms with Crippen LogP contribution in [-0.4, -0.2) is 32.2 Å². The SMILES string of the molecule is CNCC1(CN(C)c2ccccn2)CCC1. The van der Waals surface area contributed by atoms with Crippen LogP contribution in [-0.2, 0) is 0 Å². The molecular weight excluding hydrogens is 198 g/mol. The molecule has 1 heterocycles. The summed E-state index contributed by atoms with van der Waals surface area (Å²) in [6.45, 7) is 2.22. The Morgan fingerprint density at radius 1 is 1.44 bits per heavy atom. The minimum absolute atomic E-state index is 0.473. The summed E-state index contributed by atoms with van der Waals surface area (Å²) in [5, 5.41) is 3.32. The highest BCUT2D eigenvalue weighted by Gasteiger charge is 2.37. The van der Waals surface area contributed by atoms with Gasteiger partial charge in [-0.2, -0.15) is 0 Å². The molecule has 0 amide bonds. The minimum Gasteiger partial charge on any atom is -0.359 e. The number of nitrogens with zero attached hydrogens (tertiary/aromatic N) is 2. The molecule has 3 heteroatoms. The van der Waals surface area contributed by atoms with Gasteiger partial charge in [-0.05, 0) is 32.0 Å². The molecule has 0 aliphatic heterocycles. The Labute approximate surface area is 97.9 Å². The Bertz CT molecular complexity index is 319. The number of anilines is 1. The maximum Gasteiger partial charge on any atom is 0.128 e. The number of hydrogen-bond donors (Lipinski definition) is 1.